The van der Waals surface area contributed by atoms with Crippen molar-refractivity contribution >= 4 is 18.5 Å². The van der Waals surface area contributed by atoms with E-state index < -0.39 is 11.1 Å². The molecule has 0 spiro atoms. The minimum atomic E-state index is -0.867. The van der Waals surface area contributed by atoms with Gasteiger partial charge in [0, 0.05) is 6.08 Å². The fourth-order valence-corrected chi connectivity index (χ4v) is 5.04. The average Bonchev–Trinajstić information content (AvgIpc) is 3.61. The van der Waals surface area contributed by atoms with E-state index >= 15 is 0 Å². The third-order valence-electron chi connectivity index (χ3n) is 7.61. The Hall–Kier alpha value is -4.14. The predicted molar refractivity (Wildman–Crippen MR) is 187 cm³/mol. The molecule has 0 amide bonds. The van der Waals surface area contributed by atoms with Crippen LogP contribution in [0.2, 0.25) is 0 Å². The topological polar surface area (TPSA) is 114 Å². The van der Waals surface area contributed by atoms with E-state index in [1.807, 2.05) is 0 Å². The van der Waals surface area contributed by atoms with Crippen molar-refractivity contribution in [3.05, 3.63) is 88.0 Å². The number of unbranched alkanes of at least 4 members (excludes halogenated alkanes) is 5. The molecule has 1 saturated carbocycles. The van der Waals surface area contributed by atoms with Crippen LogP contribution in [-0.2, 0) is 25.6 Å². The van der Waals surface area contributed by atoms with Crippen molar-refractivity contribution < 1.29 is 33.7 Å². The molecule has 260 valence electrons. The maximum atomic E-state index is 11.5. The first-order chi connectivity index (χ1) is 22.9. The van der Waals surface area contributed by atoms with Gasteiger partial charge < -0.3 is 19.0 Å². The number of ether oxygens (including phenoxy) is 3. The Labute approximate surface area is 281 Å². The maximum Gasteiger partial charge on any atom is 0.330 e. The number of methoxy groups -OCH3 is 1. The molecule has 0 saturated heterocycles. The molecule has 1 aliphatic rings. The summed E-state index contributed by atoms with van der Waals surface area (Å²) in [7, 11) is 1.43. The SMILES string of the molecule is C/C=C\CCCC.COc1cc(/C=C/C(=O)OCCCCO[N+](=O)[O-])ccc1OC=O.c1ccc(CCCCCC2CCCC2)cc1. The number of hydrogen-bond donors (Lipinski definition) is 0. The molecule has 0 aliphatic heterocycles. The summed E-state index contributed by atoms with van der Waals surface area (Å²) in [4.78, 5) is 35.9. The minimum absolute atomic E-state index is 0.0323. The van der Waals surface area contributed by atoms with Gasteiger partial charge in [-0.2, -0.15) is 0 Å². The summed E-state index contributed by atoms with van der Waals surface area (Å²) in [6, 6.07) is 15.7. The highest BCUT2D eigenvalue weighted by Crippen LogP contribution is 2.29. The highest BCUT2D eigenvalue weighted by Gasteiger charge is 2.13. The summed E-state index contributed by atoms with van der Waals surface area (Å²) in [5.41, 5.74) is 2.16. The fraction of sp³-hybridized carbons (Fsp3) is 0.526. The second kappa shape index (κ2) is 28.1. The number of esters is 1. The lowest BCUT2D eigenvalue weighted by Crippen LogP contribution is -2.06. The Morgan fingerprint density at radius 2 is 1.70 bits per heavy atom. The summed E-state index contributed by atoms with van der Waals surface area (Å²) in [5, 5.41) is 9.05. The number of rotatable bonds is 20. The van der Waals surface area contributed by atoms with E-state index in [9.17, 15) is 19.7 Å². The molecular weight excluding hydrogens is 598 g/mol. The molecule has 0 aromatic heterocycles. The van der Waals surface area contributed by atoms with Crippen molar-refractivity contribution in [2.75, 3.05) is 20.3 Å². The van der Waals surface area contributed by atoms with E-state index in [2.05, 4.69) is 61.2 Å². The molecule has 3 rings (SSSR count). The molecule has 47 heavy (non-hydrogen) atoms. The van der Waals surface area contributed by atoms with Crippen LogP contribution < -0.4 is 9.47 Å². The Morgan fingerprint density at radius 3 is 2.36 bits per heavy atom. The lowest BCUT2D eigenvalue weighted by atomic mass is 9.98. The van der Waals surface area contributed by atoms with Crippen molar-refractivity contribution in [3.8, 4) is 11.5 Å². The van der Waals surface area contributed by atoms with Crippen molar-refractivity contribution in [1.82, 2.24) is 0 Å². The van der Waals surface area contributed by atoms with E-state index in [4.69, 9.17) is 14.2 Å². The van der Waals surface area contributed by atoms with Gasteiger partial charge in [0.1, 0.15) is 0 Å². The van der Waals surface area contributed by atoms with Crippen LogP contribution in [0.15, 0.2) is 66.8 Å². The first-order valence-electron chi connectivity index (χ1n) is 17.0. The lowest BCUT2D eigenvalue weighted by molar-refractivity contribution is -0.757. The van der Waals surface area contributed by atoms with E-state index in [0.717, 1.165) is 5.92 Å². The van der Waals surface area contributed by atoms with Crippen molar-refractivity contribution in [2.45, 2.75) is 104 Å². The van der Waals surface area contributed by atoms with Crippen LogP contribution in [0.3, 0.4) is 0 Å². The molecule has 0 heterocycles. The van der Waals surface area contributed by atoms with Gasteiger partial charge in [-0.25, -0.2) is 4.79 Å². The normalized spacial score (nSPS) is 12.5. The molecule has 1 fully saturated rings. The first kappa shape index (κ1) is 40.9. The van der Waals surface area contributed by atoms with Crippen LogP contribution in [0.4, 0.5) is 0 Å². The number of aryl methyl sites for hydroxylation is 1. The van der Waals surface area contributed by atoms with E-state index in [-0.39, 0.29) is 19.0 Å². The number of hydrogen-bond acceptors (Lipinski definition) is 8. The highest BCUT2D eigenvalue weighted by molar-refractivity contribution is 5.87. The van der Waals surface area contributed by atoms with Crippen molar-refractivity contribution in [1.29, 1.82) is 0 Å². The lowest BCUT2D eigenvalue weighted by Gasteiger charge is -2.07. The summed E-state index contributed by atoms with van der Waals surface area (Å²) in [6.07, 6.45) is 24.9. The van der Waals surface area contributed by atoms with E-state index in [1.165, 1.54) is 108 Å². The maximum absolute atomic E-state index is 11.5. The molecule has 0 atom stereocenters. The Balaban J connectivity index is 0.000000409. The Morgan fingerprint density at radius 1 is 0.957 bits per heavy atom. The van der Waals surface area contributed by atoms with Crippen molar-refractivity contribution in [2.24, 2.45) is 5.92 Å². The summed E-state index contributed by atoms with van der Waals surface area (Å²) >= 11 is 0. The van der Waals surface area contributed by atoms with Gasteiger partial charge in [0.25, 0.3) is 11.6 Å². The second-order valence-corrected chi connectivity index (χ2v) is 11.3. The molecule has 0 radical (unpaired) electrons. The molecule has 2 aromatic carbocycles. The van der Waals surface area contributed by atoms with Gasteiger partial charge in [-0.1, -0.05) is 113 Å². The zero-order chi connectivity index (χ0) is 34.4. The highest BCUT2D eigenvalue weighted by atomic mass is 16.9. The van der Waals surface area contributed by atoms with Crippen LogP contribution in [0, 0.1) is 16.0 Å². The Kier molecular flexibility index (Phi) is 24.5. The predicted octanol–water partition coefficient (Wildman–Crippen LogP) is 9.51. The van der Waals surface area contributed by atoms with Gasteiger partial charge in [-0.05, 0) is 74.3 Å². The minimum Gasteiger partial charge on any atom is -0.493 e. The zero-order valence-corrected chi connectivity index (χ0v) is 28.6. The quantitative estimate of drug-likeness (QED) is 0.0264. The van der Waals surface area contributed by atoms with Crippen LogP contribution in [-0.4, -0.2) is 37.9 Å². The van der Waals surface area contributed by atoms with Crippen LogP contribution in [0.5, 0.6) is 11.5 Å². The number of nitrogens with zero attached hydrogens (tertiary/aromatic N) is 1. The Bertz CT molecular complexity index is 1160. The smallest absolute Gasteiger partial charge is 0.330 e. The van der Waals surface area contributed by atoms with Gasteiger partial charge in [0.05, 0.1) is 20.3 Å². The van der Waals surface area contributed by atoms with Gasteiger partial charge in [-0.3, -0.25) is 4.79 Å². The summed E-state index contributed by atoms with van der Waals surface area (Å²) in [5.74, 6) is 1.15. The average molecular weight is 654 g/mol. The third-order valence-corrected chi connectivity index (χ3v) is 7.61. The largest absolute Gasteiger partial charge is 0.493 e. The molecule has 0 N–H and O–H groups in total. The monoisotopic (exact) mass is 653 g/mol. The fourth-order valence-electron chi connectivity index (χ4n) is 5.04. The van der Waals surface area contributed by atoms with Gasteiger partial charge in [-0.15, -0.1) is 10.1 Å². The molecule has 9 nitrogen and oxygen atoms in total. The van der Waals surface area contributed by atoms with Crippen LogP contribution >= 0.6 is 0 Å². The molecular formula is C38H55NO8. The van der Waals surface area contributed by atoms with Crippen LogP contribution in [0.1, 0.15) is 108 Å². The molecule has 0 bridgehead atoms. The molecule has 9 heteroatoms. The summed E-state index contributed by atoms with van der Waals surface area (Å²) < 4.78 is 14.7. The molecule has 0 unspecified atom stereocenters. The van der Waals surface area contributed by atoms with E-state index in [1.54, 1.807) is 12.1 Å². The van der Waals surface area contributed by atoms with Crippen LogP contribution in [0.25, 0.3) is 6.08 Å². The van der Waals surface area contributed by atoms with Gasteiger partial charge >= 0.3 is 5.97 Å². The number of allylic oxidation sites excluding steroid dienone is 2. The number of carbonyl (C=O) groups is 2. The van der Waals surface area contributed by atoms with Gasteiger partial charge in [0.2, 0.25) is 0 Å². The van der Waals surface area contributed by atoms with E-state index in [0.29, 0.717) is 30.6 Å². The number of carbonyl (C=O) groups excluding carboxylic acids is 2. The molecule has 2 aromatic rings. The van der Waals surface area contributed by atoms with Crippen molar-refractivity contribution in [3.63, 3.8) is 0 Å². The zero-order valence-electron chi connectivity index (χ0n) is 28.6. The second-order valence-electron chi connectivity index (χ2n) is 11.3. The standard InChI is InChI=1S/C16H24.C15H17NO8.C7H14/c1-3-9-15(10-4-1)11-5-2-6-12-16-13-7-8-14-16;1-21-14-10-12(4-6-13(14)23-11-17)5-7-15(18)22-8-2-3-9-24-16(19)20;1-3-5-7-6-4-2/h1,3-4,9-10,16H,2,5-8,11-14H2;4-7,10-11H,2-3,8-9H2,1H3;3,5H,4,6-7H2,1-2H3/b;7-5+;5-3-. The first-order valence-corrected chi connectivity index (χ1v) is 17.0. The number of benzene rings is 2. The third kappa shape index (κ3) is 22.1. The molecule has 1 aliphatic carbocycles. The van der Waals surface area contributed by atoms with Gasteiger partial charge in [0.15, 0.2) is 11.5 Å². The summed E-state index contributed by atoms with van der Waals surface area (Å²) in [6.45, 7) is 4.68.